The van der Waals surface area contributed by atoms with E-state index in [9.17, 15) is 14.7 Å². The van der Waals surface area contributed by atoms with Gasteiger partial charge in [-0.2, -0.15) is 0 Å². The van der Waals surface area contributed by atoms with Crippen LogP contribution in [0.25, 0.3) is 0 Å². The number of carbonyl (C=O) groups excluding carboxylic acids is 1. The van der Waals surface area contributed by atoms with Gasteiger partial charge in [-0.15, -0.1) is 0 Å². The summed E-state index contributed by atoms with van der Waals surface area (Å²) < 4.78 is 0. The summed E-state index contributed by atoms with van der Waals surface area (Å²) in [5.74, 6) is -0.727. The fourth-order valence-corrected chi connectivity index (χ4v) is 3.35. The zero-order chi connectivity index (χ0) is 17.8. The number of rotatable bonds is 4. The Morgan fingerprint density at radius 3 is 2.84 bits per heavy atom. The third kappa shape index (κ3) is 3.87. The number of carbonyl (C=O) groups is 2. The summed E-state index contributed by atoms with van der Waals surface area (Å²) >= 11 is 0. The number of pyridine rings is 1. The van der Waals surface area contributed by atoms with Crippen molar-refractivity contribution in [3.8, 4) is 0 Å². The molecule has 3 rings (SSSR count). The van der Waals surface area contributed by atoms with Gasteiger partial charge in [0.2, 0.25) is 0 Å². The molecule has 5 nitrogen and oxygen atoms in total. The molecular formula is C20H22N2O3. The normalized spacial score (nSPS) is 17.3. The number of hydrogen-bond donors (Lipinski definition) is 1. The molecule has 0 aliphatic carbocycles. The van der Waals surface area contributed by atoms with Crippen molar-refractivity contribution < 1.29 is 14.7 Å². The van der Waals surface area contributed by atoms with Crippen LogP contribution in [0.3, 0.4) is 0 Å². The van der Waals surface area contributed by atoms with E-state index < -0.39 is 5.97 Å². The molecule has 0 unspecified atom stereocenters. The number of aromatic carboxylic acids is 1. The standard InChI is InChI=1S/C20H22N2O3/c1-2-18-12-15(8-9-21-18)19(23)22-10-4-7-17(13-22)14-5-3-6-16(11-14)20(24)25/h3,5-6,8-9,11-12,17H,2,4,7,10,13H2,1H3,(H,24,25)/t17-/m1/s1. The van der Waals surface area contributed by atoms with Gasteiger partial charge in [-0.1, -0.05) is 19.1 Å². The van der Waals surface area contributed by atoms with Crippen LogP contribution in [0, 0.1) is 0 Å². The van der Waals surface area contributed by atoms with Gasteiger partial charge >= 0.3 is 5.97 Å². The van der Waals surface area contributed by atoms with Crippen LogP contribution in [0.15, 0.2) is 42.6 Å². The molecule has 1 aromatic heterocycles. The largest absolute Gasteiger partial charge is 0.478 e. The first kappa shape index (κ1) is 17.1. The van der Waals surface area contributed by atoms with Gasteiger partial charge in [-0.05, 0) is 49.1 Å². The molecule has 1 N–H and O–H groups in total. The second-order valence-corrected chi connectivity index (χ2v) is 6.41. The van der Waals surface area contributed by atoms with Gasteiger partial charge in [0.05, 0.1) is 5.56 Å². The monoisotopic (exact) mass is 338 g/mol. The molecule has 130 valence electrons. The zero-order valence-corrected chi connectivity index (χ0v) is 14.3. The van der Waals surface area contributed by atoms with E-state index in [-0.39, 0.29) is 11.8 Å². The molecule has 0 bridgehead atoms. The lowest BCUT2D eigenvalue weighted by atomic mass is 9.89. The second kappa shape index (κ2) is 7.47. The van der Waals surface area contributed by atoms with E-state index in [0.717, 1.165) is 37.1 Å². The smallest absolute Gasteiger partial charge is 0.335 e. The van der Waals surface area contributed by atoms with E-state index in [1.165, 1.54) is 0 Å². The van der Waals surface area contributed by atoms with Crippen LogP contribution in [-0.2, 0) is 6.42 Å². The number of carboxylic acids is 1. The molecule has 2 aromatic rings. The third-order valence-corrected chi connectivity index (χ3v) is 4.74. The van der Waals surface area contributed by atoms with E-state index in [1.807, 2.05) is 24.0 Å². The average molecular weight is 338 g/mol. The van der Waals surface area contributed by atoms with Crippen molar-refractivity contribution in [2.45, 2.75) is 32.1 Å². The van der Waals surface area contributed by atoms with Crippen LogP contribution in [-0.4, -0.2) is 40.0 Å². The van der Waals surface area contributed by atoms with Crippen LogP contribution in [0.5, 0.6) is 0 Å². The molecule has 1 aliphatic heterocycles. The molecule has 5 heteroatoms. The summed E-state index contributed by atoms with van der Waals surface area (Å²) in [4.78, 5) is 30.1. The minimum atomic E-state index is -0.922. The molecule has 25 heavy (non-hydrogen) atoms. The Bertz CT molecular complexity index is 788. The topological polar surface area (TPSA) is 70.5 Å². The Kier molecular flexibility index (Phi) is 5.12. The van der Waals surface area contributed by atoms with E-state index in [2.05, 4.69) is 4.98 Å². The first-order chi connectivity index (χ1) is 12.1. The first-order valence-electron chi connectivity index (χ1n) is 8.66. The van der Waals surface area contributed by atoms with Gasteiger partial charge in [0, 0.05) is 36.5 Å². The van der Waals surface area contributed by atoms with Crippen molar-refractivity contribution in [3.05, 3.63) is 65.0 Å². The number of piperidine rings is 1. The van der Waals surface area contributed by atoms with Gasteiger partial charge in [0.15, 0.2) is 0 Å². The predicted octanol–water partition coefficient (Wildman–Crippen LogP) is 3.36. The molecule has 1 aliphatic rings. The minimum Gasteiger partial charge on any atom is -0.478 e. The maximum atomic E-state index is 12.8. The molecule has 2 heterocycles. The van der Waals surface area contributed by atoms with E-state index in [0.29, 0.717) is 17.7 Å². The van der Waals surface area contributed by atoms with Gasteiger partial charge in [-0.3, -0.25) is 9.78 Å². The Balaban J connectivity index is 1.77. The fraction of sp³-hybridized carbons (Fsp3) is 0.350. The van der Waals surface area contributed by atoms with E-state index in [1.54, 1.807) is 30.5 Å². The van der Waals surface area contributed by atoms with Gasteiger partial charge in [-0.25, -0.2) is 4.79 Å². The SMILES string of the molecule is CCc1cc(C(=O)N2CCC[C@@H](c3cccc(C(=O)O)c3)C2)ccn1. The second-order valence-electron chi connectivity index (χ2n) is 6.41. The zero-order valence-electron chi connectivity index (χ0n) is 14.3. The summed E-state index contributed by atoms with van der Waals surface area (Å²) in [6.07, 6.45) is 4.36. The molecule has 0 radical (unpaired) electrons. The lowest BCUT2D eigenvalue weighted by Crippen LogP contribution is -2.39. The van der Waals surface area contributed by atoms with Crippen molar-refractivity contribution in [1.29, 1.82) is 0 Å². The van der Waals surface area contributed by atoms with Crippen LogP contribution in [0.1, 0.15) is 57.7 Å². The number of amides is 1. The summed E-state index contributed by atoms with van der Waals surface area (Å²) in [5.41, 5.74) is 2.87. The van der Waals surface area contributed by atoms with Crippen LogP contribution in [0.4, 0.5) is 0 Å². The van der Waals surface area contributed by atoms with Crippen molar-refractivity contribution in [1.82, 2.24) is 9.88 Å². The van der Waals surface area contributed by atoms with Crippen LogP contribution in [0.2, 0.25) is 0 Å². The molecule has 1 fully saturated rings. The molecule has 1 atom stereocenters. The Morgan fingerprint density at radius 1 is 1.24 bits per heavy atom. The highest BCUT2D eigenvalue weighted by molar-refractivity contribution is 5.94. The number of benzene rings is 1. The molecule has 1 saturated heterocycles. The molecule has 1 aromatic carbocycles. The number of carboxylic acid groups (broad SMARTS) is 1. The Morgan fingerprint density at radius 2 is 2.08 bits per heavy atom. The van der Waals surface area contributed by atoms with Crippen LogP contribution < -0.4 is 0 Å². The van der Waals surface area contributed by atoms with Crippen molar-refractivity contribution in [2.24, 2.45) is 0 Å². The maximum absolute atomic E-state index is 12.8. The summed E-state index contributed by atoms with van der Waals surface area (Å²) in [5, 5.41) is 9.18. The van der Waals surface area contributed by atoms with Gasteiger partial charge in [0.1, 0.15) is 0 Å². The van der Waals surface area contributed by atoms with Gasteiger partial charge in [0.25, 0.3) is 5.91 Å². The summed E-state index contributed by atoms with van der Waals surface area (Å²) in [7, 11) is 0. The highest BCUT2D eigenvalue weighted by atomic mass is 16.4. The predicted molar refractivity (Wildman–Crippen MR) is 94.9 cm³/mol. The number of nitrogens with zero attached hydrogens (tertiary/aromatic N) is 2. The quantitative estimate of drug-likeness (QED) is 0.928. The molecule has 1 amide bonds. The van der Waals surface area contributed by atoms with Gasteiger partial charge < -0.3 is 10.0 Å². The number of hydrogen-bond acceptors (Lipinski definition) is 3. The third-order valence-electron chi connectivity index (χ3n) is 4.74. The minimum absolute atomic E-state index is 0.0242. The van der Waals surface area contributed by atoms with Crippen molar-refractivity contribution >= 4 is 11.9 Å². The fourth-order valence-electron chi connectivity index (χ4n) is 3.35. The number of aromatic nitrogens is 1. The lowest BCUT2D eigenvalue weighted by molar-refractivity contribution is 0.0687. The highest BCUT2D eigenvalue weighted by Crippen LogP contribution is 2.28. The number of aryl methyl sites for hydroxylation is 1. The maximum Gasteiger partial charge on any atom is 0.335 e. The summed E-state index contributed by atoms with van der Waals surface area (Å²) in [6, 6.07) is 10.7. The molecule has 0 saturated carbocycles. The Hall–Kier alpha value is -2.69. The van der Waals surface area contributed by atoms with E-state index >= 15 is 0 Å². The molecular weight excluding hydrogens is 316 g/mol. The highest BCUT2D eigenvalue weighted by Gasteiger charge is 2.26. The van der Waals surface area contributed by atoms with Crippen molar-refractivity contribution in [3.63, 3.8) is 0 Å². The first-order valence-corrected chi connectivity index (χ1v) is 8.66. The number of likely N-dealkylation sites (tertiary alicyclic amines) is 1. The lowest BCUT2D eigenvalue weighted by Gasteiger charge is -2.33. The Labute approximate surface area is 147 Å². The molecule has 0 spiro atoms. The van der Waals surface area contributed by atoms with Crippen LogP contribution >= 0.6 is 0 Å². The van der Waals surface area contributed by atoms with Crippen molar-refractivity contribution in [2.75, 3.05) is 13.1 Å². The average Bonchev–Trinajstić information content (AvgIpc) is 2.67. The summed E-state index contributed by atoms with van der Waals surface area (Å²) in [6.45, 7) is 3.37. The van der Waals surface area contributed by atoms with E-state index in [4.69, 9.17) is 0 Å².